The molecule has 2 amide bonds. The van der Waals surface area contributed by atoms with E-state index in [4.69, 9.17) is 0 Å². The number of likely N-dealkylation sites (tertiary alicyclic amines) is 1. The van der Waals surface area contributed by atoms with E-state index in [0.717, 1.165) is 17.7 Å². The zero-order chi connectivity index (χ0) is 17.5. The molecule has 128 valence electrons. The first-order valence-electron chi connectivity index (χ1n) is 7.80. The van der Waals surface area contributed by atoms with Gasteiger partial charge in [-0.2, -0.15) is 0 Å². The van der Waals surface area contributed by atoms with Crippen LogP contribution in [0.3, 0.4) is 0 Å². The molecule has 0 aromatic carbocycles. The molecule has 1 aromatic rings. The van der Waals surface area contributed by atoms with Gasteiger partial charge in [0.05, 0.1) is 13.2 Å². The van der Waals surface area contributed by atoms with Crippen molar-refractivity contribution >= 4 is 17.8 Å². The van der Waals surface area contributed by atoms with E-state index in [2.05, 4.69) is 15.0 Å². The van der Waals surface area contributed by atoms with Crippen LogP contribution in [0.4, 0.5) is 0 Å². The van der Waals surface area contributed by atoms with Gasteiger partial charge < -0.3 is 15.0 Å². The molecule has 1 N–H and O–H groups in total. The monoisotopic (exact) mass is 331 g/mol. The molecular weight excluding hydrogens is 310 g/mol. The molecule has 2 rings (SSSR count). The average molecular weight is 331 g/mol. The fourth-order valence-corrected chi connectivity index (χ4v) is 2.93. The van der Waals surface area contributed by atoms with Crippen molar-refractivity contribution < 1.29 is 19.1 Å². The summed E-state index contributed by atoms with van der Waals surface area (Å²) < 4.78 is 4.43. The number of methoxy groups -OCH3 is 1. The molecule has 1 fully saturated rings. The van der Waals surface area contributed by atoms with Gasteiger partial charge in [0.2, 0.25) is 11.8 Å². The standard InChI is InChI=1S/C17H21N3O4/c1-3-20-15(22)9-13(17(20)12-5-4-8-18-10-12)11-19-14(21)6-7-16(23)24-2/h4-8,10,13,17H,3,9,11H2,1-2H3,(H,19,21)/b7-6+/t13-,17-/m1/s1. The fourth-order valence-electron chi connectivity index (χ4n) is 2.93. The topological polar surface area (TPSA) is 88.6 Å². The summed E-state index contributed by atoms with van der Waals surface area (Å²) in [6, 6.07) is 3.66. The first kappa shape index (κ1) is 17.7. The van der Waals surface area contributed by atoms with E-state index in [1.807, 2.05) is 19.1 Å². The van der Waals surface area contributed by atoms with Crippen molar-refractivity contribution in [2.45, 2.75) is 19.4 Å². The number of amides is 2. The summed E-state index contributed by atoms with van der Waals surface area (Å²) in [5.41, 5.74) is 0.953. The number of pyridine rings is 1. The largest absolute Gasteiger partial charge is 0.466 e. The number of rotatable bonds is 6. The van der Waals surface area contributed by atoms with Crippen LogP contribution in [-0.4, -0.2) is 47.9 Å². The van der Waals surface area contributed by atoms with Crippen LogP contribution >= 0.6 is 0 Å². The van der Waals surface area contributed by atoms with Gasteiger partial charge in [0.25, 0.3) is 0 Å². The number of hydrogen-bond acceptors (Lipinski definition) is 5. The van der Waals surface area contributed by atoms with Gasteiger partial charge in [-0.05, 0) is 18.6 Å². The number of carbonyl (C=O) groups excluding carboxylic acids is 3. The Kier molecular flexibility index (Phi) is 6.06. The summed E-state index contributed by atoms with van der Waals surface area (Å²) in [5.74, 6) is -0.966. The Labute approximate surface area is 140 Å². The van der Waals surface area contributed by atoms with Crippen molar-refractivity contribution in [2.24, 2.45) is 5.92 Å². The zero-order valence-electron chi connectivity index (χ0n) is 13.8. The molecule has 1 aliphatic rings. The lowest BCUT2D eigenvalue weighted by Crippen LogP contribution is -2.33. The molecule has 0 aliphatic carbocycles. The molecule has 2 atom stereocenters. The third-order valence-corrected chi connectivity index (χ3v) is 4.02. The Morgan fingerprint density at radius 1 is 1.46 bits per heavy atom. The predicted octanol–water partition coefficient (Wildman–Crippen LogP) is 0.837. The highest BCUT2D eigenvalue weighted by Crippen LogP contribution is 2.37. The lowest BCUT2D eigenvalue weighted by Gasteiger charge is -2.27. The molecule has 1 saturated heterocycles. The lowest BCUT2D eigenvalue weighted by atomic mass is 9.94. The van der Waals surface area contributed by atoms with Crippen LogP contribution in [0.5, 0.6) is 0 Å². The van der Waals surface area contributed by atoms with Gasteiger partial charge in [-0.3, -0.25) is 14.6 Å². The van der Waals surface area contributed by atoms with Crippen LogP contribution in [0.1, 0.15) is 24.9 Å². The highest BCUT2D eigenvalue weighted by molar-refractivity contribution is 5.94. The summed E-state index contributed by atoms with van der Waals surface area (Å²) in [7, 11) is 1.24. The summed E-state index contributed by atoms with van der Waals surface area (Å²) in [6.45, 7) is 2.87. The van der Waals surface area contributed by atoms with Crippen LogP contribution in [0.25, 0.3) is 0 Å². The molecule has 0 unspecified atom stereocenters. The van der Waals surface area contributed by atoms with E-state index in [-0.39, 0.29) is 17.9 Å². The van der Waals surface area contributed by atoms with Crippen molar-refractivity contribution in [3.8, 4) is 0 Å². The van der Waals surface area contributed by atoms with Crippen LogP contribution in [-0.2, 0) is 19.1 Å². The van der Waals surface area contributed by atoms with Gasteiger partial charge in [-0.1, -0.05) is 6.07 Å². The third-order valence-electron chi connectivity index (χ3n) is 4.02. The van der Waals surface area contributed by atoms with Crippen LogP contribution in [0, 0.1) is 5.92 Å². The van der Waals surface area contributed by atoms with Gasteiger partial charge >= 0.3 is 5.97 Å². The molecule has 0 saturated carbocycles. The van der Waals surface area contributed by atoms with E-state index < -0.39 is 11.9 Å². The first-order valence-corrected chi connectivity index (χ1v) is 7.80. The van der Waals surface area contributed by atoms with Crippen LogP contribution in [0.15, 0.2) is 36.7 Å². The molecule has 24 heavy (non-hydrogen) atoms. The Morgan fingerprint density at radius 2 is 2.25 bits per heavy atom. The van der Waals surface area contributed by atoms with E-state index in [1.54, 1.807) is 17.3 Å². The van der Waals surface area contributed by atoms with Crippen molar-refractivity contribution in [3.63, 3.8) is 0 Å². The van der Waals surface area contributed by atoms with Crippen molar-refractivity contribution in [1.29, 1.82) is 0 Å². The molecule has 0 bridgehead atoms. The Bertz CT molecular complexity index is 630. The Hall–Kier alpha value is -2.70. The van der Waals surface area contributed by atoms with Gasteiger partial charge in [-0.15, -0.1) is 0 Å². The fraction of sp³-hybridized carbons (Fsp3) is 0.412. The summed E-state index contributed by atoms with van der Waals surface area (Å²) in [5, 5.41) is 2.74. The number of ether oxygens (including phenoxy) is 1. The molecular formula is C17H21N3O4. The Balaban J connectivity index is 2.05. The summed E-state index contributed by atoms with van der Waals surface area (Å²) in [6.07, 6.45) is 5.99. The Morgan fingerprint density at radius 3 is 2.88 bits per heavy atom. The number of nitrogens with one attached hydrogen (secondary N) is 1. The number of nitrogens with zero attached hydrogens (tertiary/aromatic N) is 2. The normalized spacial score (nSPS) is 20.4. The van der Waals surface area contributed by atoms with Gasteiger partial charge in [0.15, 0.2) is 0 Å². The maximum absolute atomic E-state index is 12.2. The second-order valence-corrected chi connectivity index (χ2v) is 5.48. The molecule has 0 radical (unpaired) electrons. The summed E-state index contributed by atoms with van der Waals surface area (Å²) >= 11 is 0. The molecule has 1 aromatic heterocycles. The molecule has 2 heterocycles. The molecule has 7 nitrogen and oxygen atoms in total. The maximum atomic E-state index is 12.2. The number of hydrogen-bond donors (Lipinski definition) is 1. The van der Waals surface area contributed by atoms with Gasteiger partial charge in [0.1, 0.15) is 0 Å². The van der Waals surface area contributed by atoms with Crippen LogP contribution < -0.4 is 5.32 Å². The van der Waals surface area contributed by atoms with Crippen molar-refractivity contribution in [1.82, 2.24) is 15.2 Å². The highest BCUT2D eigenvalue weighted by atomic mass is 16.5. The van der Waals surface area contributed by atoms with Crippen molar-refractivity contribution in [2.75, 3.05) is 20.2 Å². The number of esters is 1. The van der Waals surface area contributed by atoms with Gasteiger partial charge in [-0.25, -0.2) is 4.79 Å². The van der Waals surface area contributed by atoms with Gasteiger partial charge in [0, 0.05) is 50.0 Å². The minimum Gasteiger partial charge on any atom is -0.466 e. The van der Waals surface area contributed by atoms with Crippen molar-refractivity contribution in [3.05, 3.63) is 42.2 Å². The predicted molar refractivity (Wildman–Crippen MR) is 86.6 cm³/mol. The minimum atomic E-state index is -0.591. The minimum absolute atomic E-state index is 0.0443. The molecule has 7 heteroatoms. The average Bonchev–Trinajstić information content (AvgIpc) is 2.93. The van der Waals surface area contributed by atoms with E-state index in [1.165, 1.54) is 7.11 Å². The summed E-state index contributed by atoms with van der Waals surface area (Å²) in [4.78, 5) is 40.9. The zero-order valence-corrected chi connectivity index (χ0v) is 13.8. The quantitative estimate of drug-likeness (QED) is 0.616. The number of aromatic nitrogens is 1. The SMILES string of the molecule is CCN1C(=O)C[C@H](CNC(=O)/C=C/C(=O)OC)[C@H]1c1cccnc1. The number of carbonyl (C=O) groups is 3. The molecule has 0 spiro atoms. The smallest absolute Gasteiger partial charge is 0.330 e. The maximum Gasteiger partial charge on any atom is 0.330 e. The first-order chi connectivity index (χ1) is 11.6. The second kappa shape index (κ2) is 8.24. The third kappa shape index (κ3) is 4.18. The van der Waals surface area contributed by atoms with Crippen LogP contribution in [0.2, 0.25) is 0 Å². The van der Waals surface area contributed by atoms with E-state index in [0.29, 0.717) is 19.5 Å². The van der Waals surface area contributed by atoms with E-state index in [9.17, 15) is 14.4 Å². The lowest BCUT2D eigenvalue weighted by molar-refractivity contribution is -0.135. The molecule has 1 aliphatic heterocycles. The second-order valence-electron chi connectivity index (χ2n) is 5.48. The highest BCUT2D eigenvalue weighted by Gasteiger charge is 2.39. The van der Waals surface area contributed by atoms with E-state index >= 15 is 0 Å².